The average Bonchev–Trinajstić information content (AvgIpc) is 3.91. The summed E-state index contributed by atoms with van der Waals surface area (Å²) in [7, 11) is 0. The summed E-state index contributed by atoms with van der Waals surface area (Å²) in [6.07, 6.45) is 0. The van der Waals surface area contributed by atoms with Gasteiger partial charge in [-0.1, -0.05) is 117 Å². The molecule has 0 atom stereocenters. The zero-order chi connectivity index (χ0) is 37.1. The standard InChI is InChI=1S/C52H34N2O2/c1-52(2)43-14-8-6-12-39(43)41-29-36(22-25-44(41)52)54(37-23-27-47-42(30-37)40-13-7-9-15-46(40)55-47)35-21-24-38-34(28-35)19-18-31-16-17-32-20-26-45-50(49(32)48(31)38)56-51(53-45)33-10-4-3-5-11-33/h3-30H,1-2H3. The minimum absolute atomic E-state index is 0.0759. The molecule has 0 bridgehead atoms. The molecule has 2 heterocycles. The fourth-order valence-electron chi connectivity index (χ4n) is 9.33. The van der Waals surface area contributed by atoms with Gasteiger partial charge in [0.15, 0.2) is 5.58 Å². The minimum atomic E-state index is -0.0759. The van der Waals surface area contributed by atoms with E-state index in [0.717, 1.165) is 77.2 Å². The molecule has 4 nitrogen and oxygen atoms in total. The van der Waals surface area contributed by atoms with Crippen LogP contribution in [-0.2, 0) is 5.41 Å². The van der Waals surface area contributed by atoms with Gasteiger partial charge in [0.05, 0.1) is 0 Å². The number of para-hydroxylation sites is 1. The van der Waals surface area contributed by atoms with E-state index in [4.69, 9.17) is 13.8 Å². The number of hydrogen-bond acceptors (Lipinski definition) is 4. The van der Waals surface area contributed by atoms with Crippen LogP contribution in [0.5, 0.6) is 0 Å². The van der Waals surface area contributed by atoms with Crippen molar-refractivity contribution in [2.24, 2.45) is 0 Å². The minimum Gasteiger partial charge on any atom is -0.456 e. The van der Waals surface area contributed by atoms with Crippen LogP contribution in [-0.4, -0.2) is 4.98 Å². The van der Waals surface area contributed by atoms with Crippen molar-refractivity contribution in [1.29, 1.82) is 0 Å². The Morgan fingerprint density at radius 2 is 1.12 bits per heavy atom. The number of fused-ring (bicyclic) bond motifs is 13. The van der Waals surface area contributed by atoms with Crippen LogP contribution in [0.15, 0.2) is 179 Å². The fourth-order valence-corrected chi connectivity index (χ4v) is 9.33. The lowest BCUT2D eigenvalue weighted by molar-refractivity contribution is 0.623. The van der Waals surface area contributed by atoms with Crippen molar-refractivity contribution < 1.29 is 8.83 Å². The highest BCUT2D eigenvalue weighted by Gasteiger charge is 2.35. The van der Waals surface area contributed by atoms with Crippen LogP contribution in [0.1, 0.15) is 25.0 Å². The molecule has 56 heavy (non-hydrogen) atoms. The van der Waals surface area contributed by atoms with E-state index in [2.05, 4.69) is 146 Å². The van der Waals surface area contributed by atoms with Gasteiger partial charge in [-0.15, -0.1) is 0 Å². The quantitative estimate of drug-likeness (QED) is 0.170. The van der Waals surface area contributed by atoms with Crippen LogP contribution in [0.25, 0.3) is 87.9 Å². The maximum absolute atomic E-state index is 6.61. The highest BCUT2D eigenvalue weighted by molar-refractivity contribution is 6.26. The molecule has 0 saturated heterocycles. The van der Waals surface area contributed by atoms with E-state index in [9.17, 15) is 0 Å². The van der Waals surface area contributed by atoms with Gasteiger partial charge in [0.1, 0.15) is 16.7 Å². The largest absolute Gasteiger partial charge is 0.456 e. The van der Waals surface area contributed by atoms with Crippen molar-refractivity contribution in [3.05, 3.63) is 181 Å². The molecular weight excluding hydrogens is 685 g/mol. The van der Waals surface area contributed by atoms with E-state index in [1.165, 1.54) is 33.0 Å². The van der Waals surface area contributed by atoms with Crippen molar-refractivity contribution in [2.75, 3.05) is 4.90 Å². The van der Waals surface area contributed by atoms with Gasteiger partial charge in [-0.3, -0.25) is 0 Å². The Bertz CT molecular complexity index is 3410. The normalized spacial score (nSPS) is 13.3. The SMILES string of the molecule is CC1(C)c2ccccc2-c2cc(N(c3ccc4c(ccc5ccc6ccc7nc(-c8ccccc8)oc7c6c54)c3)c3ccc4oc5ccccc5c4c3)ccc21. The van der Waals surface area contributed by atoms with Crippen LogP contribution in [0.3, 0.4) is 0 Å². The Morgan fingerprint density at radius 1 is 0.464 bits per heavy atom. The van der Waals surface area contributed by atoms with Crippen LogP contribution < -0.4 is 4.90 Å². The number of oxazole rings is 1. The molecule has 264 valence electrons. The van der Waals surface area contributed by atoms with E-state index >= 15 is 0 Å². The lowest BCUT2D eigenvalue weighted by Gasteiger charge is -2.27. The molecule has 0 spiro atoms. The molecule has 0 radical (unpaired) electrons. The lowest BCUT2D eigenvalue weighted by Crippen LogP contribution is -2.15. The summed E-state index contributed by atoms with van der Waals surface area (Å²) in [5.74, 6) is 0.631. The van der Waals surface area contributed by atoms with Gasteiger partial charge in [-0.05, 0) is 111 Å². The van der Waals surface area contributed by atoms with Crippen molar-refractivity contribution >= 4 is 82.4 Å². The smallest absolute Gasteiger partial charge is 0.227 e. The van der Waals surface area contributed by atoms with E-state index < -0.39 is 0 Å². The van der Waals surface area contributed by atoms with Gasteiger partial charge >= 0.3 is 0 Å². The van der Waals surface area contributed by atoms with Crippen LogP contribution in [0, 0.1) is 0 Å². The average molecular weight is 719 g/mol. The Morgan fingerprint density at radius 3 is 2.02 bits per heavy atom. The summed E-state index contributed by atoms with van der Waals surface area (Å²) in [5, 5.41) is 9.07. The summed E-state index contributed by atoms with van der Waals surface area (Å²) in [6.45, 7) is 4.67. The van der Waals surface area contributed by atoms with Crippen LogP contribution in [0.4, 0.5) is 17.1 Å². The van der Waals surface area contributed by atoms with Crippen LogP contribution >= 0.6 is 0 Å². The highest BCUT2D eigenvalue weighted by atomic mass is 16.3. The fraction of sp³-hybridized carbons (Fsp3) is 0.0577. The van der Waals surface area contributed by atoms with Crippen molar-refractivity contribution in [3.63, 3.8) is 0 Å². The molecule has 0 saturated carbocycles. The predicted octanol–water partition coefficient (Wildman–Crippen LogP) is 14.6. The number of furan rings is 1. The van der Waals surface area contributed by atoms with Gasteiger partial charge in [0.25, 0.3) is 0 Å². The third-order valence-corrected chi connectivity index (χ3v) is 12.0. The summed E-state index contributed by atoms with van der Waals surface area (Å²) in [6, 6.07) is 60.8. The number of rotatable bonds is 4. The van der Waals surface area contributed by atoms with Gasteiger partial charge in [-0.2, -0.15) is 0 Å². The number of hydrogen-bond donors (Lipinski definition) is 0. The molecular formula is C52H34N2O2. The molecule has 0 fully saturated rings. The third kappa shape index (κ3) is 4.44. The van der Waals surface area contributed by atoms with Gasteiger partial charge in [-0.25, -0.2) is 4.98 Å². The number of benzene rings is 9. The molecule has 9 aromatic carbocycles. The molecule has 2 aromatic heterocycles. The van der Waals surface area contributed by atoms with Gasteiger partial charge in [0, 0.05) is 49.6 Å². The Kier molecular flexibility index (Phi) is 6.37. The number of nitrogens with zero attached hydrogens (tertiary/aromatic N) is 2. The maximum atomic E-state index is 6.61. The summed E-state index contributed by atoms with van der Waals surface area (Å²) in [4.78, 5) is 7.32. The van der Waals surface area contributed by atoms with E-state index in [1.54, 1.807) is 0 Å². The highest BCUT2D eigenvalue weighted by Crippen LogP contribution is 2.51. The number of aromatic nitrogens is 1. The molecule has 1 aliphatic rings. The molecule has 0 amide bonds. The zero-order valence-corrected chi connectivity index (χ0v) is 30.9. The van der Waals surface area contributed by atoms with Crippen LogP contribution in [0.2, 0.25) is 0 Å². The number of anilines is 3. The Labute approximate surface area is 322 Å². The first-order chi connectivity index (χ1) is 27.5. The summed E-state index contributed by atoms with van der Waals surface area (Å²) < 4.78 is 12.9. The van der Waals surface area contributed by atoms with Crippen molar-refractivity contribution in [2.45, 2.75) is 19.3 Å². The molecule has 11 aromatic rings. The molecule has 1 aliphatic carbocycles. The zero-order valence-electron chi connectivity index (χ0n) is 30.9. The second kappa shape index (κ2) is 11.4. The molecule has 0 N–H and O–H groups in total. The molecule has 12 rings (SSSR count). The summed E-state index contributed by atoms with van der Waals surface area (Å²) >= 11 is 0. The van der Waals surface area contributed by atoms with Crippen molar-refractivity contribution in [1.82, 2.24) is 4.98 Å². The van der Waals surface area contributed by atoms with Gasteiger partial charge < -0.3 is 13.7 Å². The van der Waals surface area contributed by atoms with Crippen molar-refractivity contribution in [3.8, 4) is 22.6 Å². The maximum Gasteiger partial charge on any atom is 0.227 e. The second-order valence-corrected chi connectivity index (χ2v) is 15.5. The van der Waals surface area contributed by atoms with Gasteiger partial charge in [0.2, 0.25) is 5.89 Å². The topological polar surface area (TPSA) is 42.4 Å². The first kappa shape index (κ1) is 31.2. The Hall–Kier alpha value is -7.17. The second-order valence-electron chi connectivity index (χ2n) is 15.5. The van der Waals surface area contributed by atoms with E-state index in [1.807, 2.05) is 42.5 Å². The monoisotopic (exact) mass is 718 g/mol. The predicted molar refractivity (Wildman–Crippen MR) is 231 cm³/mol. The summed E-state index contributed by atoms with van der Waals surface area (Å²) in [5.41, 5.74) is 12.9. The molecule has 0 unspecified atom stereocenters. The van der Waals surface area contributed by atoms with E-state index in [0.29, 0.717) is 5.89 Å². The van der Waals surface area contributed by atoms with E-state index in [-0.39, 0.29) is 5.41 Å². The Balaban J connectivity index is 1.09. The molecule has 0 aliphatic heterocycles. The third-order valence-electron chi connectivity index (χ3n) is 12.0. The first-order valence-electron chi connectivity index (χ1n) is 19.2. The lowest BCUT2D eigenvalue weighted by atomic mass is 9.82. The first-order valence-corrected chi connectivity index (χ1v) is 19.2. The molecule has 4 heteroatoms.